The van der Waals surface area contributed by atoms with Crippen LogP contribution in [0.1, 0.15) is 23.2 Å². The number of hydrogen-bond acceptors (Lipinski definition) is 5. The molecule has 0 fully saturated rings. The zero-order valence-corrected chi connectivity index (χ0v) is 11.1. The Morgan fingerprint density at radius 2 is 2.05 bits per heavy atom. The summed E-state index contributed by atoms with van der Waals surface area (Å²) in [6.07, 6.45) is 0.811. The Kier molecular flexibility index (Phi) is 5.66. The Hall–Kier alpha value is -2.24. The molecule has 104 valence electrons. The van der Waals surface area contributed by atoms with E-state index in [0.717, 1.165) is 0 Å². The molecule has 0 heterocycles. The van der Waals surface area contributed by atoms with Crippen molar-refractivity contribution in [1.82, 2.24) is 5.32 Å². The molecule has 6 heteroatoms. The maximum Gasteiger partial charge on any atom is 0.305 e. The average molecular weight is 266 g/mol. The van der Waals surface area contributed by atoms with Crippen molar-refractivity contribution in [1.29, 1.82) is 0 Å². The highest BCUT2D eigenvalue weighted by Gasteiger charge is 2.08. The third kappa shape index (κ3) is 4.50. The van der Waals surface area contributed by atoms with Crippen LogP contribution in [0, 0.1) is 0 Å². The highest BCUT2D eigenvalue weighted by molar-refractivity contribution is 5.95. The number of carbonyl (C=O) groups is 2. The number of amides is 1. The molecular formula is C13H18N2O4. The molecule has 0 atom stereocenters. The monoisotopic (exact) mass is 266 g/mol. The molecule has 6 nitrogen and oxygen atoms in total. The van der Waals surface area contributed by atoms with Crippen LogP contribution in [0.3, 0.4) is 0 Å². The van der Waals surface area contributed by atoms with Gasteiger partial charge in [-0.2, -0.15) is 0 Å². The molecule has 0 aliphatic heterocycles. The summed E-state index contributed by atoms with van der Waals surface area (Å²) < 4.78 is 9.51. The van der Waals surface area contributed by atoms with Crippen LogP contribution >= 0.6 is 0 Å². The fraction of sp³-hybridized carbons (Fsp3) is 0.385. The lowest BCUT2D eigenvalue weighted by atomic mass is 10.1. The first-order valence-corrected chi connectivity index (χ1v) is 5.87. The second-order valence-corrected chi connectivity index (χ2v) is 3.89. The normalized spacial score (nSPS) is 9.79. The summed E-state index contributed by atoms with van der Waals surface area (Å²) in [5, 5.41) is 2.70. The lowest BCUT2D eigenvalue weighted by Crippen LogP contribution is -2.25. The third-order valence-electron chi connectivity index (χ3n) is 2.56. The van der Waals surface area contributed by atoms with Crippen molar-refractivity contribution in [2.45, 2.75) is 12.8 Å². The predicted molar refractivity (Wildman–Crippen MR) is 71.0 cm³/mol. The minimum absolute atomic E-state index is 0.237. The number of nitrogens with two attached hydrogens (primary N) is 1. The van der Waals surface area contributed by atoms with Gasteiger partial charge in [0.2, 0.25) is 0 Å². The third-order valence-corrected chi connectivity index (χ3v) is 2.56. The van der Waals surface area contributed by atoms with E-state index < -0.39 is 0 Å². The summed E-state index contributed by atoms with van der Waals surface area (Å²) in [4.78, 5) is 22.7. The van der Waals surface area contributed by atoms with Crippen molar-refractivity contribution in [3.63, 3.8) is 0 Å². The van der Waals surface area contributed by atoms with Gasteiger partial charge in [-0.25, -0.2) is 0 Å². The van der Waals surface area contributed by atoms with Gasteiger partial charge < -0.3 is 20.5 Å². The smallest absolute Gasteiger partial charge is 0.305 e. The maximum absolute atomic E-state index is 11.8. The first-order valence-electron chi connectivity index (χ1n) is 5.87. The summed E-state index contributed by atoms with van der Waals surface area (Å²) in [5.41, 5.74) is 6.58. The van der Waals surface area contributed by atoms with Crippen molar-refractivity contribution in [3.8, 4) is 5.75 Å². The van der Waals surface area contributed by atoms with E-state index in [9.17, 15) is 9.59 Å². The second kappa shape index (κ2) is 7.25. The maximum atomic E-state index is 11.8. The Bertz CT molecular complexity index is 460. The van der Waals surface area contributed by atoms with Crippen LogP contribution in [-0.2, 0) is 9.53 Å². The van der Waals surface area contributed by atoms with Crippen LogP contribution in [0.4, 0.5) is 5.69 Å². The molecule has 1 rings (SSSR count). The molecule has 0 saturated heterocycles. The van der Waals surface area contributed by atoms with E-state index >= 15 is 0 Å². The lowest BCUT2D eigenvalue weighted by Gasteiger charge is -2.08. The van der Waals surface area contributed by atoms with Crippen molar-refractivity contribution >= 4 is 17.6 Å². The van der Waals surface area contributed by atoms with Gasteiger partial charge in [0.15, 0.2) is 0 Å². The largest absolute Gasteiger partial charge is 0.495 e. The van der Waals surface area contributed by atoms with Crippen LogP contribution < -0.4 is 15.8 Å². The molecule has 0 bridgehead atoms. The van der Waals surface area contributed by atoms with Crippen LogP contribution in [-0.4, -0.2) is 32.6 Å². The van der Waals surface area contributed by atoms with Crippen molar-refractivity contribution in [2.24, 2.45) is 0 Å². The van der Waals surface area contributed by atoms with Gasteiger partial charge in [-0.15, -0.1) is 0 Å². The lowest BCUT2D eigenvalue weighted by molar-refractivity contribution is -0.140. The summed E-state index contributed by atoms with van der Waals surface area (Å²) in [5.74, 6) is 0.00408. The number of benzene rings is 1. The van der Waals surface area contributed by atoms with E-state index in [-0.39, 0.29) is 18.3 Å². The van der Waals surface area contributed by atoms with E-state index in [2.05, 4.69) is 10.1 Å². The fourth-order valence-electron chi connectivity index (χ4n) is 1.51. The van der Waals surface area contributed by atoms with Crippen molar-refractivity contribution < 1.29 is 19.1 Å². The quantitative estimate of drug-likeness (QED) is 0.454. The zero-order valence-electron chi connectivity index (χ0n) is 11.1. The van der Waals surface area contributed by atoms with E-state index in [1.165, 1.54) is 14.2 Å². The molecule has 3 N–H and O–H groups in total. The van der Waals surface area contributed by atoms with Gasteiger partial charge in [0.25, 0.3) is 5.91 Å². The number of ether oxygens (including phenoxy) is 2. The van der Waals surface area contributed by atoms with E-state index in [1.807, 2.05) is 0 Å². The highest BCUT2D eigenvalue weighted by Crippen LogP contribution is 2.21. The predicted octanol–water partition coefficient (Wildman–Crippen LogP) is 0.960. The number of nitrogens with one attached hydrogen (secondary N) is 1. The summed E-state index contributed by atoms with van der Waals surface area (Å²) in [7, 11) is 2.85. The number of carbonyl (C=O) groups excluding carboxylic acids is 2. The fourth-order valence-corrected chi connectivity index (χ4v) is 1.51. The Morgan fingerprint density at radius 3 is 2.63 bits per heavy atom. The molecule has 0 saturated carbocycles. The van der Waals surface area contributed by atoms with Gasteiger partial charge in [-0.1, -0.05) is 0 Å². The Labute approximate surface area is 111 Å². The molecule has 1 aromatic rings. The van der Waals surface area contributed by atoms with Crippen LogP contribution in [0.15, 0.2) is 18.2 Å². The highest BCUT2D eigenvalue weighted by atomic mass is 16.5. The molecule has 0 radical (unpaired) electrons. The summed E-state index contributed by atoms with van der Waals surface area (Å²) >= 11 is 0. The number of hydrogen-bond donors (Lipinski definition) is 2. The van der Waals surface area contributed by atoms with Gasteiger partial charge >= 0.3 is 5.97 Å². The number of esters is 1. The van der Waals surface area contributed by atoms with Crippen molar-refractivity contribution in [2.75, 3.05) is 26.5 Å². The zero-order chi connectivity index (χ0) is 14.3. The van der Waals surface area contributed by atoms with E-state index in [1.54, 1.807) is 18.2 Å². The molecule has 0 aliphatic rings. The molecule has 0 spiro atoms. The van der Waals surface area contributed by atoms with Gasteiger partial charge in [-0.3, -0.25) is 9.59 Å². The minimum atomic E-state index is -0.289. The number of rotatable bonds is 6. The molecule has 1 amide bonds. The molecular weight excluding hydrogens is 248 g/mol. The van der Waals surface area contributed by atoms with Crippen molar-refractivity contribution in [3.05, 3.63) is 23.8 Å². The van der Waals surface area contributed by atoms with Gasteiger partial charge in [0.1, 0.15) is 5.75 Å². The van der Waals surface area contributed by atoms with E-state index in [4.69, 9.17) is 10.5 Å². The van der Waals surface area contributed by atoms with Crippen LogP contribution in [0.2, 0.25) is 0 Å². The molecule has 0 aromatic heterocycles. The number of nitrogen functional groups attached to an aromatic ring is 1. The topological polar surface area (TPSA) is 90.6 Å². The molecule has 19 heavy (non-hydrogen) atoms. The standard InChI is InChI=1S/C13H18N2O4/c1-18-11-6-5-9(8-10(11)14)13(17)15-7-3-4-12(16)19-2/h5-6,8H,3-4,7,14H2,1-2H3,(H,15,17). The van der Waals surface area contributed by atoms with Crippen LogP contribution in [0.5, 0.6) is 5.75 Å². The molecule has 1 aromatic carbocycles. The number of methoxy groups -OCH3 is 2. The van der Waals surface area contributed by atoms with E-state index in [0.29, 0.717) is 30.0 Å². The Balaban J connectivity index is 2.45. The second-order valence-electron chi connectivity index (χ2n) is 3.89. The van der Waals surface area contributed by atoms with Crippen LogP contribution in [0.25, 0.3) is 0 Å². The summed E-state index contributed by atoms with van der Waals surface area (Å²) in [6.45, 7) is 0.403. The van der Waals surface area contributed by atoms with Gasteiger partial charge in [0.05, 0.1) is 19.9 Å². The molecule has 0 aliphatic carbocycles. The first kappa shape index (κ1) is 14.8. The SMILES string of the molecule is COC(=O)CCCNC(=O)c1ccc(OC)c(N)c1. The number of anilines is 1. The average Bonchev–Trinajstić information content (AvgIpc) is 2.42. The first-order chi connectivity index (χ1) is 9.08. The Morgan fingerprint density at radius 1 is 1.32 bits per heavy atom. The summed E-state index contributed by atoms with van der Waals surface area (Å²) in [6, 6.07) is 4.82. The molecule has 0 unspecified atom stereocenters. The van der Waals surface area contributed by atoms with Gasteiger partial charge in [0, 0.05) is 18.5 Å². The minimum Gasteiger partial charge on any atom is -0.495 e. The van der Waals surface area contributed by atoms with Gasteiger partial charge in [-0.05, 0) is 24.6 Å².